The summed E-state index contributed by atoms with van der Waals surface area (Å²) in [6.07, 6.45) is 1.45. The highest BCUT2D eigenvalue weighted by Gasteiger charge is 2.13. The van der Waals surface area contributed by atoms with Crippen LogP contribution in [0.1, 0.15) is 16.9 Å². The second-order valence-electron chi connectivity index (χ2n) is 4.55. The molecule has 0 radical (unpaired) electrons. The number of thiophene rings is 1. The number of rotatable bonds is 6. The van der Waals surface area contributed by atoms with Crippen molar-refractivity contribution in [2.45, 2.75) is 25.4 Å². The number of nitrogens with two attached hydrogens (primary N) is 1. The summed E-state index contributed by atoms with van der Waals surface area (Å²) < 4.78 is 0.725. The zero-order valence-corrected chi connectivity index (χ0v) is 12.6. The molecule has 2 rings (SSSR count). The van der Waals surface area contributed by atoms with Gasteiger partial charge in [-0.05, 0) is 30.5 Å². The van der Waals surface area contributed by atoms with Gasteiger partial charge in [-0.15, -0.1) is 11.3 Å². The average Bonchev–Trinajstić information content (AvgIpc) is 2.89. The summed E-state index contributed by atoms with van der Waals surface area (Å²) in [7, 11) is 0. The molecule has 2 aromatic rings. The molecule has 0 aliphatic carbocycles. The summed E-state index contributed by atoms with van der Waals surface area (Å²) in [5, 5.41) is 2.84. The lowest BCUT2D eigenvalue weighted by Gasteiger charge is -2.11. The quantitative estimate of drug-likeness (QED) is 0.862. The van der Waals surface area contributed by atoms with Crippen molar-refractivity contribution in [1.29, 1.82) is 0 Å². The summed E-state index contributed by atoms with van der Waals surface area (Å²) in [6.45, 7) is 0.481. The number of hydrogen-bond acceptors (Lipinski definition) is 3. The highest BCUT2D eigenvalue weighted by atomic mass is 35.5. The molecule has 1 aromatic heterocycles. The fourth-order valence-corrected chi connectivity index (χ4v) is 2.88. The first kappa shape index (κ1) is 15.0. The second kappa shape index (κ2) is 7.43. The first-order valence-electron chi connectivity index (χ1n) is 6.46. The summed E-state index contributed by atoms with van der Waals surface area (Å²) in [5.74, 6) is -0.120. The Morgan fingerprint density at radius 1 is 1.25 bits per heavy atom. The third-order valence-electron chi connectivity index (χ3n) is 2.99. The van der Waals surface area contributed by atoms with Gasteiger partial charge in [0.15, 0.2) is 0 Å². The van der Waals surface area contributed by atoms with Crippen molar-refractivity contribution in [3.8, 4) is 0 Å². The highest BCUT2D eigenvalue weighted by Crippen LogP contribution is 2.20. The Bertz CT molecular complexity index is 556. The Morgan fingerprint density at radius 2 is 2.00 bits per heavy atom. The van der Waals surface area contributed by atoms with Crippen molar-refractivity contribution in [2.24, 2.45) is 5.73 Å². The molecule has 0 spiro atoms. The van der Waals surface area contributed by atoms with Gasteiger partial charge in [0, 0.05) is 4.88 Å². The van der Waals surface area contributed by atoms with E-state index in [1.54, 1.807) is 0 Å². The van der Waals surface area contributed by atoms with Crippen LogP contribution < -0.4 is 11.1 Å². The van der Waals surface area contributed by atoms with Crippen molar-refractivity contribution >= 4 is 28.8 Å². The highest BCUT2D eigenvalue weighted by molar-refractivity contribution is 7.16. The Labute approximate surface area is 127 Å². The number of hydrogen-bond donors (Lipinski definition) is 2. The van der Waals surface area contributed by atoms with Crippen LogP contribution in [0.2, 0.25) is 4.34 Å². The van der Waals surface area contributed by atoms with E-state index in [1.807, 2.05) is 42.5 Å². The van der Waals surface area contributed by atoms with Gasteiger partial charge >= 0.3 is 0 Å². The molecule has 106 valence electrons. The van der Waals surface area contributed by atoms with Crippen LogP contribution >= 0.6 is 22.9 Å². The van der Waals surface area contributed by atoms with Gasteiger partial charge in [-0.2, -0.15) is 0 Å². The largest absolute Gasteiger partial charge is 0.350 e. The molecule has 0 unspecified atom stereocenters. The third-order valence-corrected chi connectivity index (χ3v) is 4.22. The lowest BCUT2D eigenvalue weighted by atomic mass is 10.1. The summed E-state index contributed by atoms with van der Waals surface area (Å²) in [4.78, 5) is 12.9. The van der Waals surface area contributed by atoms with E-state index in [-0.39, 0.29) is 5.91 Å². The summed E-state index contributed by atoms with van der Waals surface area (Å²) in [5.41, 5.74) is 7.09. The molecule has 3 N–H and O–H groups in total. The van der Waals surface area contributed by atoms with Crippen LogP contribution in [0.25, 0.3) is 0 Å². The van der Waals surface area contributed by atoms with Gasteiger partial charge in [0.2, 0.25) is 5.91 Å². The van der Waals surface area contributed by atoms with Gasteiger partial charge in [0.25, 0.3) is 0 Å². The van der Waals surface area contributed by atoms with E-state index >= 15 is 0 Å². The fourth-order valence-electron chi connectivity index (χ4n) is 1.85. The van der Waals surface area contributed by atoms with E-state index < -0.39 is 6.04 Å². The zero-order valence-electron chi connectivity index (χ0n) is 11.0. The van der Waals surface area contributed by atoms with E-state index in [0.29, 0.717) is 13.0 Å². The predicted octanol–water partition coefficient (Wildman–Crippen LogP) is 2.98. The number of amides is 1. The van der Waals surface area contributed by atoms with E-state index in [4.69, 9.17) is 17.3 Å². The van der Waals surface area contributed by atoms with Crippen molar-refractivity contribution < 1.29 is 4.79 Å². The predicted molar refractivity (Wildman–Crippen MR) is 83.9 cm³/mol. The monoisotopic (exact) mass is 308 g/mol. The maximum atomic E-state index is 11.9. The normalized spacial score (nSPS) is 12.1. The first-order chi connectivity index (χ1) is 9.65. The van der Waals surface area contributed by atoms with Crippen LogP contribution in [0.3, 0.4) is 0 Å². The fraction of sp³-hybridized carbons (Fsp3) is 0.267. The lowest BCUT2D eigenvalue weighted by Crippen LogP contribution is -2.40. The second-order valence-corrected chi connectivity index (χ2v) is 6.35. The minimum Gasteiger partial charge on any atom is -0.350 e. The maximum absolute atomic E-state index is 11.9. The number of benzene rings is 1. The Balaban J connectivity index is 1.74. The van der Waals surface area contributed by atoms with Crippen LogP contribution in [-0.2, 0) is 17.8 Å². The third kappa shape index (κ3) is 4.63. The number of halogens is 1. The Kier molecular flexibility index (Phi) is 5.59. The minimum atomic E-state index is -0.481. The molecular formula is C15H17ClN2OS. The molecule has 0 aliphatic heterocycles. The van der Waals surface area contributed by atoms with Gasteiger partial charge in [-0.1, -0.05) is 41.9 Å². The number of nitrogens with one attached hydrogen (secondary N) is 1. The molecule has 20 heavy (non-hydrogen) atoms. The zero-order chi connectivity index (χ0) is 14.4. The standard InChI is InChI=1S/C15H17ClN2OS/c16-14-9-7-12(20-14)10-18-15(19)13(17)8-6-11-4-2-1-3-5-11/h1-5,7,9,13H,6,8,10,17H2,(H,18,19)/t13-/m0/s1. The van der Waals surface area contributed by atoms with Crippen LogP contribution in [-0.4, -0.2) is 11.9 Å². The smallest absolute Gasteiger partial charge is 0.237 e. The number of aryl methyl sites for hydroxylation is 1. The average molecular weight is 309 g/mol. The SMILES string of the molecule is N[C@@H](CCc1ccccc1)C(=O)NCc1ccc(Cl)s1. The van der Waals surface area contributed by atoms with Crippen molar-refractivity contribution in [3.05, 3.63) is 57.2 Å². The minimum absolute atomic E-state index is 0.120. The van der Waals surface area contributed by atoms with Crippen LogP contribution in [0.5, 0.6) is 0 Å². The molecule has 1 amide bonds. The molecule has 1 heterocycles. The molecule has 0 aliphatic rings. The number of carbonyl (C=O) groups is 1. The molecule has 5 heteroatoms. The van der Waals surface area contributed by atoms with Gasteiger partial charge in [-0.25, -0.2) is 0 Å². The summed E-state index contributed by atoms with van der Waals surface area (Å²) >= 11 is 7.30. The van der Waals surface area contributed by atoms with Crippen molar-refractivity contribution in [1.82, 2.24) is 5.32 Å². The lowest BCUT2D eigenvalue weighted by molar-refractivity contribution is -0.122. The Hall–Kier alpha value is -1.36. The van der Waals surface area contributed by atoms with E-state index in [1.165, 1.54) is 16.9 Å². The van der Waals surface area contributed by atoms with Crippen molar-refractivity contribution in [2.75, 3.05) is 0 Å². The molecule has 1 aromatic carbocycles. The molecule has 0 saturated heterocycles. The molecule has 0 saturated carbocycles. The molecule has 0 fully saturated rings. The van der Waals surface area contributed by atoms with Gasteiger partial charge in [-0.3, -0.25) is 4.79 Å². The molecule has 3 nitrogen and oxygen atoms in total. The van der Waals surface area contributed by atoms with Gasteiger partial charge in [0.05, 0.1) is 16.9 Å². The van der Waals surface area contributed by atoms with Crippen LogP contribution in [0.15, 0.2) is 42.5 Å². The van der Waals surface area contributed by atoms with E-state index in [0.717, 1.165) is 15.6 Å². The molecule has 0 bridgehead atoms. The molecular weight excluding hydrogens is 292 g/mol. The first-order valence-corrected chi connectivity index (χ1v) is 7.66. The maximum Gasteiger partial charge on any atom is 0.237 e. The van der Waals surface area contributed by atoms with Crippen molar-refractivity contribution in [3.63, 3.8) is 0 Å². The Morgan fingerprint density at radius 3 is 2.65 bits per heavy atom. The van der Waals surface area contributed by atoms with Gasteiger partial charge in [0.1, 0.15) is 0 Å². The van der Waals surface area contributed by atoms with Gasteiger partial charge < -0.3 is 11.1 Å². The van der Waals surface area contributed by atoms with E-state index in [2.05, 4.69) is 5.32 Å². The van der Waals surface area contributed by atoms with Crippen LogP contribution in [0, 0.1) is 0 Å². The number of carbonyl (C=O) groups excluding carboxylic acids is 1. The van der Waals surface area contributed by atoms with E-state index in [9.17, 15) is 4.79 Å². The molecule has 1 atom stereocenters. The topological polar surface area (TPSA) is 55.1 Å². The summed E-state index contributed by atoms with van der Waals surface area (Å²) in [6, 6.07) is 13.3. The van der Waals surface area contributed by atoms with Crippen LogP contribution in [0.4, 0.5) is 0 Å².